The number of thioether (sulfide) groups is 1. The Hall–Kier alpha value is -0.160. The number of aliphatic carboxylic acids is 1. The average Bonchev–Trinajstić information content (AvgIpc) is 2.00. The first-order valence-corrected chi connectivity index (χ1v) is 5.14. The van der Waals surface area contributed by atoms with Crippen LogP contribution in [-0.4, -0.2) is 27.2 Å². The Bertz CT molecular complexity index is 170. The molecule has 70 valence electrons. The molecule has 0 aliphatic rings. The SMILES string of the molecule is CCCC(=O)SCC(S)C(=O)O. The number of carboxylic acid groups (broad SMARTS) is 1. The molecule has 0 spiro atoms. The van der Waals surface area contributed by atoms with Gasteiger partial charge in [-0.15, -0.1) is 0 Å². The first kappa shape index (κ1) is 11.8. The van der Waals surface area contributed by atoms with Gasteiger partial charge in [-0.1, -0.05) is 18.7 Å². The summed E-state index contributed by atoms with van der Waals surface area (Å²) in [4.78, 5) is 21.2. The van der Waals surface area contributed by atoms with E-state index in [9.17, 15) is 9.59 Å². The normalized spacial score (nSPS) is 12.5. The second kappa shape index (κ2) is 6.37. The maximum absolute atomic E-state index is 10.9. The van der Waals surface area contributed by atoms with Crippen molar-refractivity contribution >= 4 is 35.5 Å². The highest BCUT2D eigenvalue weighted by Crippen LogP contribution is 2.11. The van der Waals surface area contributed by atoms with E-state index in [1.54, 1.807) is 0 Å². The molecule has 0 aromatic heterocycles. The molecule has 0 saturated heterocycles. The topological polar surface area (TPSA) is 54.4 Å². The van der Waals surface area contributed by atoms with Gasteiger partial charge in [0.15, 0.2) is 5.12 Å². The van der Waals surface area contributed by atoms with Crippen LogP contribution in [0.15, 0.2) is 0 Å². The number of thiol groups is 1. The zero-order valence-corrected chi connectivity index (χ0v) is 8.53. The Morgan fingerprint density at radius 2 is 2.17 bits per heavy atom. The second-order valence-electron chi connectivity index (χ2n) is 2.29. The summed E-state index contributed by atoms with van der Waals surface area (Å²) in [5.74, 6) is -0.729. The van der Waals surface area contributed by atoms with Crippen molar-refractivity contribution in [3.8, 4) is 0 Å². The third-order valence-electron chi connectivity index (χ3n) is 1.14. The maximum atomic E-state index is 10.9. The predicted molar refractivity (Wildman–Crippen MR) is 52.8 cm³/mol. The van der Waals surface area contributed by atoms with Gasteiger partial charge in [0.2, 0.25) is 0 Å². The fourth-order valence-electron chi connectivity index (χ4n) is 0.519. The van der Waals surface area contributed by atoms with Crippen molar-refractivity contribution in [3.63, 3.8) is 0 Å². The first-order chi connectivity index (χ1) is 5.57. The lowest BCUT2D eigenvalue weighted by atomic mass is 10.4. The Morgan fingerprint density at radius 1 is 1.58 bits per heavy atom. The van der Waals surface area contributed by atoms with Crippen LogP contribution < -0.4 is 0 Å². The number of carbonyl (C=O) groups excluding carboxylic acids is 1. The molecule has 0 fully saturated rings. The van der Waals surface area contributed by atoms with Crippen LogP contribution in [0.4, 0.5) is 0 Å². The summed E-state index contributed by atoms with van der Waals surface area (Å²) < 4.78 is 0. The molecular weight excluding hydrogens is 196 g/mol. The molecule has 0 radical (unpaired) electrons. The number of hydrogen-bond donors (Lipinski definition) is 2. The van der Waals surface area contributed by atoms with Crippen LogP contribution in [0.3, 0.4) is 0 Å². The molecule has 0 amide bonds. The minimum absolute atomic E-state index is 0.0396. The third kappa shape index (κ3) is 5.49. The van der Waals surface area contributed by atoms with Gasteiger partial charge in [0, 0.05) is 12.2 Å². The van der Waals surface area contributed by atoms with Gasteiger partial charge in [-0.3, -0.25) is 9.59 Å². The smallest absolute Gasteiger partial charge is 0.317 e. The van der Waals surface area contributed by atoms with Crippen molar-refractivity contribution in [2.24, 2.45) is 0 Å². The Labute approximate surface area is 81.3 Å². The Kier molecular flexibility index (Phi) is 6.28. The van der Waals surface area contributed by atoms with E-state index in [2.05, 4.69) is 12.6 Å². The highest BCUT2D eigenvalue weighted by Gasteiger charge is 2.13. The molecule has 1 atom stereocenters. The molecule has 0 bridgehead atoms. The largest absolute Gasteiger partial charge is 0.480 e. The fourth-order valence-corrected chi connectivity index (χ4v) is 1.58. The molecule has 0 rings (SSSR count). The molecule has 1 unspecified atom stereocenters. The van der Waals surface area contributed by atoms with Gasteiger partial charge in [0.25, 0.3) is 0 Å². The average molecular weight is 208 g/mol. The van der Waals surface area contributed by atoms with E-state index in [1.165, 1.54) is 0 Å². The molecule has 0 aromatic rings. The van der Waals surface area contributed by atoms with E-state index in [1.807, 2.05) is 6.92 Å². The number of hydrogen-bond acceptors (Lipinski definition) is 4. The van der Waals surface area contributed by atoms with Gasteiger partial charge in [0.1, 0.15) is 5.25 Å². The molecule has 0 aromatic carbocycles. The number of carboxylic acids is 1. The molecule has 12 heavy (non-hydrogen) atoms. The van der Waals surface area contributed by atoms with Gasteiger partial charge in [-0.25, -0.2) is 0 Å². The quantitative estimate of drug-likeness (QED) is 0.671. The first-order valence-electron chi connectivity index (χ1n) is 3.64. The lowest BCUT2D eigenvalue weighted by Crippen LogP contribution is -2.16. The van der Waals surface area contributed by atoms with Gasteiger partial charge < -0.3 is 5.11 Å². The highest BCUT2D eigenvalue weighted by atomic mass is 32.2. The van der Waals surface area contributed by atoms with Gasteiger partial charge in [-0.05, 0) is 6.42 Å². The van der Waals surface area contributed by atoms with Gasteiger partial charge in [-0.2, -0.15) is 12.6 Å². The molecule has 0 saturated carbocycles. The molecule has 3 nitrogen and oxygen atoms in total. The predicted octanol–water partition coefficient (Wildman–Crippen LogP) is 1.43. The summed E-state index contributed by atoms with van der Waals surface area (Å²) >= 11 is 4.84. The standard InChI is InChI=1S/C7H12O3S2/c1-2-3-6(8)12-4-5(11)7(9)10/h5,11H,2-4H2,1H3,(H,9,10). The number of rotatable bonds is 5. The van der Waals surface area contributed by atoms with Crippen molar-refractivity contribution in [3.05, 3.63) is 0 Å². The lowest BCUT2D eigenvalue weighted by molar-refractivity contribution is -0.135. The van der Waals surface area contributed by atoms with Crippen LogP contribution in [-0.2, 0) is 9.59 Å². The summed E-state index contributed by atoms with van der Waals surface area (Å²) in [6.07, 6.45) is 1.31. The highest BCUT2D eigenvalue weighted by molar-refractivity contribution is 8.14. The minimum Gasteiger partial charge on any atom is -0.480 e. The maximum Gasteiger partial charge on any atom is 0.317 e. The molecule has 5 heteroatoms. The molecule has 1 N–H and O–H groups in total. The Morgan fingerprint density at radius 3 is 2.58 bits per heavy atom. The van der Waals surface area contributed by atoms with E-state index in [0.717, 1.165) is 18.2 Å². The Balaban J connectivity index is 3.54. The molecular formula is C7H12O3S2. The third-order valence-corrected chi connectivity index (χ3v) is 2.82. The minimum atomic E-state index is -0.977. The summed E-state index contributed by atoms with van der Waals surface area (Å²) in [7, 11) is 0. The summed E-state index contributed by atoms with van der Waals surface area (Å²) in [6.45, 7) is 1.91. The van der Waals surface area contributed by atoms with Crippen LogP contribution in [0, 0.1) is 0 Å². The summed E-state index contributed by atoms with van der Waals surface area (Å²) in [5.41, 5.74) is 0. The van der Waals surface area contributed by atoms with Crippen LogP contribution in [0.1, 0.15) is 19.8 Å². The number of carbonyl (C=O) groups is 2. The van der Waals surface area contributed by atoms with Gasteiger partial charge >= 0.3 is 5.97 Å². The molecule has 0 aliphatic carbocycles. The van der Waals surface area contributed by atoms with Crippen molar-refractivity contribution in [2.45, 2.75) is 25.0 Å². The molecule has 0 heterocycles. The van der Waals surface area contributed by atoms with E-state index in [0.29, 0.717) is 6.42 Å². The zero-order chi connectivity index (χ0) is 9.56. The van der Waals surface area contributed by atoms with Crippen molar-refractivity contribution in [1.82, 2.24) is 0 Å². The van der Waals surface area contributed by atoms with Crippen LogP contribution in [0.2, 0.25) is 0 Å². The van der Waals surface area contributed by atoms with Crippen LogP contribution in [0.25, 0.3) is 0 Å². The van der Waals surface area contributed by atoms with Crippen molar-refractivity contribution in [2.75, 3.05) is 5.75 Å². The van der Waals surface area contributed by atoms with E-state index in [4.69, 9.17) is 5.11 Å². The van der Waals surface area contributed by atoms with Crippen molar-refractivity contribution < 1.29 is 14.7 Å². The van der Waals surface area contributed by atoms with Crippen LogP contribution >= 0.6 is 24.4 Å². The van der Waals surface area contributed by atoms with E-state index in [-0.39, 0.29) is 10.9 Å². The zero-order valence-electron chi connectivity index (χ0n) is 6.82. The van der Waals surface area contributed by atoms with Crippen LogP contribution in [0.5, 0.6) is 0 Å². The second-order valence-corrected chi connectivity index (χ2v) is 3.99. The molecule has 0 aliphatic heterocycles. The summed E-state index contributed by atoms with van der Waals surface area (Å²) in [5, 5.41) is 7.72. The van der Waals surface area contributed by atoms with Gasteiger partial charge in [0.05, 0.1) is 0 Å². The van der Waals surface area contributed by atoms with E-state index >= 15 is 0 Å². The summed E-state index contributed by atoms with van der Waals surface area (Å²) in [6, 6.07) is 0. The van der Waals surface area contributed by atoms with Crippen molar-refractivity contribution in [1.29, 1.82) is 0 Å². The van der Waals surface area contributed by atoms with E-state index < -0.39 is 11.2 Å². The lowest BCUT2D eigenvalue weighted by Gasteiger charge is -2.02. The fraction of sp³-hybridized carbons (Fsp3) is 0.714. The monoisotopic (exact) mass is 208 g/mol.